The number of nitrogen functional groups attached to an aromatic ring is 1. The molecule has 0 saturated carbocycles. The molecule has 1 aliphatic heterocycles. The van der Waals surface area contributed by atoms with Crippen LogP contribution in [0.2, 0.25) is 5.02 Å². The van der Waals surface area contributed by atoms with E-state index in [1.807, 2.05) is 11.0 Å². The van der Waals surface area contributed by atoms with Crippen molar-refractivity contribution in [1.29, 1.82) is 0 Å². The molecule has 1 saturated heterocycles. The Bertz CT molecular complexity index is 669. The third-order valence-electron chi connectivity index (χ3n) is 3.58. The van der Waals surface area contributed by atoms with Gasteiger partial charge in [-0.2, -0.15) is 0 Å². The molecular formula is C14H14ClFN4O. The fourth-order valence-corrected chi connectivity index (χ4v) is 2.86. The monoisotopic (exact) mass is 308 g/mol. The van der Waals surface area contributed by atoms with Crippen molar-refractivity contribution in [2.75, 3.05) is 17.2 Å². The van der Waals surface area contributed by atoms with E-state index in [2.05, 4.69) is 9.97 Å². The van der Waals surface area contributed by atoms with E-state index in [0.29, 0.717) is 18.8 Å². The van der Waals surface area contributed by atoms with E-state index in [-0.39, 0.29) is 22.7 Å². The fourth-order valence-electron chi connectivity index (χ4n) is 2.65. The highest BCUT2D eigenvalue weighted by Gasteiger charge is 2.34. The molecule has 0 bridgehead atoms. The van der Waals surface area contributed by atoms with Crippen molar-refractivity contribution in [1.82, 2.24) is 9.97 Å². The first kappa shape index (κ1) is 14.0. The predicted octanol–water partition coefficient (Wildman–Crippen LogP) is 2.16. The van der Waals surface area contributed by atoms with Gasteiger partial charge in [-0.05, 0) is 24.1 Å². The first-order chi connectivity index (χ1) is 10.1. The number of anilines is 2. The molecule has 2 heterocycles. The van der Waals surface area contributed by atoms with Crippen LogP contribution in [0.15, 0.2) is 30.6 Å². The zero-order chi connectivity index (χ0) is 15.0. The molecule has 1 aromatic carbocycles. The molecule has 3 rings (SSSR count). The SMILES string of the molecule is Nc1ncnc(N2C[C@H](O)C[C@@H]2c2cccc(F)c2)c1Cl. The van der Waals surface area contributed by atoms with Gasteiger partial charge in [-0.15, -0.1) is 0 Å². The zero-order valence-corrected chi connectivity index (χ0v) is 11.8. The number of nitrogens with zero attached hydrogens (tertiary/aromatic N) is 3. The molecule has 5 nitrogen and oxygen atoms in total. The molecule has 0 aliphatic carbocycles. The molecule has 1 aromatic heterocycles. The van der Waals surface area contributed by atoms with Crippen LogP contribution < -0.4 is 10.6 Å². The van der Waals surface area contributed by atoms with Gasteiger partial charge in [0.25, 0.3) is 0 Å². The van der Waals surface area contributed by atoms with Gasteiger partial charge in [-0.1, -0.05) is 23.7 Å². The molecule has 7 heteroatoms. The Labute approximate surface area is 126 Å². The smallest absolute Gasteiger partial charge is 0.153 e. The van der Waals surface area contributed by atoms with Gasteiger partial charge in [0.15, 0.2) is 5.82 Å². The summed E-state index contributed by atoms with van der Waals surface area (Å²) in [6, 6.07) is 6.09. The minimum Gasteiger partial charge on any atom is -0.391 e. The molecule has 21 heavy (non-hydrogen) atoms. The number of halogens is 2. The number of aliphatic hydroxyl groups is 1. The van der Waals surface area contributed by atoms with Crippen LogP contribution in [0.25, 0.3) is 0 Å². The van der Waals surface area contributed by atoms with Crippen molar-refractivity contribution in [3.63, 3.8) is 0 Å². The Morgan fingerprint density at radius 3 is 2.95 bits per heavy atom. The molecule has 2 aromatic rings. The van der Waals surface area contributed by atoms with E-state index in [9.17, 15) is 9.50 Å². The highest BCUT2D eigenvalue weighted by Crippen LogP contribution is 2.39. The lowest BCUT2D eigenvalue weighted by Crippen LogP contribution is -2.26. The summed E-state index contributed by atoms with van der Waals surface area (Å²) in [6.07, 6.45) is 1.26. The summed E-state index contributed by atoms with van der Waals surface area (Å²) < 4.78 is 13.4. The van der Waals surface area contributed by atoms with E-state index in [1.54, 1.807) is 6.07 Å². The molecule has 2 atom stereocenters. The van der Waals surface area contributed by atoms with Gasteiger partial charge in [-0.25, -0.2) is 14.4 Å². The summed E-state index contributed by atoms with van der Waals surface area (Å²) >= 11 is 6.16. The molecule has 1 fully saturated rings. The Morgan fingerprint density at radius 2 is 2.19 bits per heavy atom. The summed E-state index contributed by atoms with van der Waals surface area (Å²) in [5, 5.41) is 10.2. The second kappa shape index (κ2) is 5.46. The number of aromatic nitrogens is 2. The highest BCUT2D eigenvalue weighted by molar-refractivity contribution is 6.35. The van der Waals surface area contributed by atoms with Gasteiger partial charge in [0.2, 0.25) is 0 Å². The van der Waals surface area contributed by atoms with Crippen LogP contribution in [0.3, 0.4) is 0 Å². The molecule has 0 radical (unpaired) electrons. The molecule has 1 aliphatic rings. The zero-order valence-electron chi connectivity index (χ0n) is 11.1. The first-order valence-electron chi connectivity index (χ1n) is 6.52. The number of rotatable bonds is 2. The van der Waals surface area contributed by atoms with Gasteiger partial charge in [0, 0.05) is 6.54 Å². The Morgan fingerprint density at radius 1 is 1.38 bits per heavy atom. The maximum Gasteiger partial charge on any atom is 0.153 e. The van der Waals surface area contributed by atoms with Crippen molar-refractivity contribution >= 4 is 23.2 Å². The minimum atomic E-state index is -0.537. The largest absolute Gasteiger partial charge is 0.391 e. The second-order valence-corrected chi connectivity index (χ2v) is 5.39. The van der Waals surface area contributed by atoms with Gasteiger partial charge >= 0.3 is 0 Å². The van der Waals surface area contributed by atoms with Crippen molar-refractivity contribution in [2.24, 2.45) is 0 Å². The van der Waals surface area contributed by atoms with E-state index < -0.39 is 6.10 Å². The van der Waals surface area contributed by atoms with Crippen molar-refractivity contribution in [3.8, 4) is 0 Å². The van der Waals surface area contributed by atoms with Crippen LogP contribution >= 0.6 is 11.6 Å². The standard InChI is InChI=1S/C14H14ClFN4O/c15-12-13(17)18-7-19-14(12)20-6-10(21)5-11(20)8-2-1-3-9(16)4-8/h1-4,7,10-11,21H,5-6H2,(H2,17,18,19)/t10-,11-/m1/s1. The van der Waals surface area contributed by atoms with Gasteiger partial charge < -0.3 is 15.7 Å². The lowest BCUT2D eigenvalue weighted by molar-refractivity contribution is 0.194. The summed E-state index contributed by atoms with van der Waals surface area (Å²) in [5.41, 5.74) is 6.46. The lowest BCUT2D eigenvalue weighted by atomic mass is 10.0. The Hall–Kier alpha value is -1.92. The average molecular weight is 309 g/mol. The van der Waals surface area contributed by atoms with Crippen LogP contribution in [0.4, 0.5) is 16.0 Å². The molecular weight excluding hydrogens is 295 g/mol. The second-order valence-electron chi connectivity index (χ2n) is 5.01. The fraction of sp³-hybridized carbons (Fsp3) is 0.286. The maximum atomic E-state index is 13.4. The van der Waals surface area contributed by atoms with Gasteiger partial charge in [0.05, 0.1) is 12.1 Å². The average Bonchev–Trinajstić information content (AvgIpc) is 2.84. The van der Waals surface area contributed by atoms with E-state index >= 15 is 0 Å². The van der Waals surface area contributed by atoms with Crippen LogP contribution in [0.1, 0.15) is 18.0 Å². The van der Waals surface area contributed by atoms with Crippen molar-refractivity contribution in [3.05, 3.63) is 47.0 Å². The molecule has 0 amide bonds. The normalized spacial score (nSPS) is 21.8. The number of benzene rings is 1. The third-order valence-corrected chi connectivity index (χ3v) is 3.95. The van der Waals surface area contributed by atoms with Crippen LogP contribution in [-0.4, -0.2) is 27.7 Å². The van der Waals surface area contributed by atoms with Crippen molar-refractivity contribution in [2.45, 2.75) is 18.6 Å². The highest BCUT2D eigenvalue weighted by atomic mass is 35.5. The van der Waals surface area contributed by atoms with Gasteiger partial charge in [0.1, 0.15) is 23.0 Å². The van der Waals surface area contributed by atoms with E-state index in [4.69, 9.17) is 17.3 Å². The predicted molar refractivity (Wildman–Crippen MR) is 78.6 cm³/mol. The van der Waals surface area contributed by atoms with E-state index in [0.717, 1.165) is 5.56 Å². The molecule has 110 valence electrons. The van der Waals surface area contributed by atoms with Crippen LogP contribution in [0.5, 0.6) is 0 Å². The number of hydrogen-bond acceptors (Lipinski definition) is 5. The summed E-state index contributed by atoms with van der Waals surface area (Å²) in [6.45, 7) is 0.358. The first-order valence-corrected chi connectivity index (χ1v) is 6.90. The quantitative estimate of drug-likeness (QED) is 0.889. The van der Waals surface area contributed by atoms with E-state index in [1.165, 1.54) is 18.5 Å². The summed E-state index contributed by atoms with van der Waals surface area (Å²) in [5.74, 6) is 0.318. The van der Waals surface area contributed by atoms with Crippen molar-refractivity contribution < 1.29 is 9.50 Å². The Kier molecular flexibility index (Phi) is 3.65. The number of nitrogens with two attached hydrogens (primary N) is 1. The Balaban J connectivity index is 2.02. The molecule has 0 spiro atoms. The number of aliphatic hydroxyl groups excluding tert-OH is 1. The lowest BCUT2D eigenvalue weighted by Gasteiger charge is -2.26. The summed E-state index contributed by atoms with van der Waals surface area (Å²) in [4.78, 5) is 9.81. The number of hydrogen-bond donors (Lipinski definition) is 2. The topological polar surface area (TPSA) is 75.3 Å². The number of β-amino-alcohol motifs (C(OH)–C–C–N with tert-alkyl or cyclic N) is 1. The molecule has 0 unspecified atom stereocenters. The summed E-state index contributed by atoms with van der Waals surface area (Å²) in [7, 11) is 0. The maximum absolute atomic E-state index is 13.4. The van der Waals surface area contributed by atoms with Crippen LogP contribution in [-0.2, 0) is 0 Å². The third kappa shape index (κ3) is 2.64. The molecule has 3 N–H and O–H groups in total. The minimum absolute atomic E-state index is 0.182. The van der Waals surface area contributed by atoms with Gasteiger partial charge in [-0.3, -0.25) is 0 Å². The van der Waals surface area contributed by atoms with Crippen LogP contribution in [0, 0.1) is 5.82 Å².